The number of para-hydroxylation sites is 1. The molecule has 1 aromatic rings. The van der Waals surface area contributed by atoms with Crippen LogP contribution in [0.2, 0.25) is 0 Å². The standard InChI is InChI=1S/C17H22N2O4/c1-10(2)12-6-5-7-13(11(3)4)16(12)18-17(22)23-19-14(20)8-9-15(19)21/h5-7,10-11H,8-9H2,1-4H3,(H,18,22). The Morgan fingerprint density at radius 1 is 1.04 bits per heavy atom. The topological polar surface area (TPSA) is 75.7 Å². The first-order valence-electron chi connectivity index (χ1n) is 7.78. The molecule has 1 N–H and O–H groups in total. The molecule has 0 bridgehead atoms. The molecule has 2 rings (SSSR count). The zero-order valence-electron chi connectivity index (χ0n) is 13.9. The first-order chi connectivity index (χ1) is 10.8. The maximum atomic E-state index is 12.1. The van der Waals surface area contributed by atoms with Crippen molar-refractivity contribution in [3.05, 3.63) is 29.3 Å². The van der Waals surface area contributed by atoms with Crippen molar-refractivity contribution in [1.82, 2.24) is 5.06 Å². The van der Waals surface area contributed by atoms with Crippen molar-refractivity contribution in [1.29, 1.82) is 0 Å². The summed E-state index contributed by atoms with van der Waals surface area (Å²) in [5.41, 5.74) is 2.64. The predicted octanol–water partition coefficient (Wildman–Crippen LogP) is 3.55. The van der Waals surface area contributed by atoms with Crippen LogP contribution in [0.1, 0.15) is 63.5 Å². The minimum Gasteiger partial charge on any atom is -0.311 e. The molecule has 0 saturated carbocycles. The highest BCUT2D eigenvalue weighted by atomic mass is 16.7. The third kappa shape index (κ3) is 3.70. The normalized spacial score (nSPS) is 14.8. The minimum absolute atomic E-state index is 0.0753. The van der Waals surface area contributed by atoms with E-state index in [4.69, 9.17) is 4.84 Å². The molecular formula is C17H22N2O4. The molecule has 0 spiro atoms. The van der Waals surface area contributed by atoms with Gasteiger partial charge in [-0.3, -0.25) is 14.9 Å². The summed E-state index contributed by atoms with van der Waals surface area (Å²) in [6.45, 7) is 8.12. The Bertz CT molecular complexity index is 595. The van der Waals surface area contributed by atoms with Gasteiger partial charge in [-0.25, -0.2) is 4.79 Å². The lowest BCUT2D eigenvalue weighted by atomic mass is 9.93. The fraction of sp³-hybridized carbons (Fsp3) is 0.471. The first-order valence-corrected chi connectivity index (χ1v) is 7.78. The number of hydrogen-bond donors (Lipinski definition) is 1. The number of hydrogen-bond acceptors (Lipinski definition) is 4. The molecular weight excluding hydrogens is 296 g/mol. The summed E-state index contributed by atoms with van der Waals surface area (Å²) in [5, 5.41) is 3.25. The summed E-state index contributed by atoms with van der Waals surface area (Å²) >= 11 is 0. The zero-order valence-corrected chi connectivity index (χ0v) is 13.9. The van der Waals surface area contributed by atoms with E-state index in [1.807, 2.05) is 45.9 Å². The lowest BCUT2D eigenvalue weighted by molar-refractivity contribution is -0.170. The van der Waals surface area contributed by atoms with Crippen LogP contribution < -0.4 is 5.32 Å². The molecule has 1 fully saturated rings. The van der Waals surface area contributed by atoms with Crippen molar-refractivity contribution in [2.75, 3.05) is 5.32 Å². The Labute approximate surface area is 135 Å². The highest BCUT2D eigenvalue weighted by molar-refractivity contribution is 6.02. The molecule has 0 radical (unpaired) electrons. The lowest BCUT2D eigenvalue weighted by Crippen LogP contribution is -2.34. The quantitative estimate of drug-likeness (QED) is 0.861. The molecule has 1 aliphatic rings. The second kappa shape index (κ2) is 6.81. The van der Waals surface area contributed by atoms with E-state index in [-0.39, 0.29) is 24.7 Å². The molecule has 3 amide bonds. The second-order valence-electron chi connectivity index (χ2n) is 6.21. The van der Waals surface area contributed by atoms with Gasteiger partial charge in [0.2, 0.25) is 0 Å². The van der Waals surface area contributed by atoms with Gasteiger partial charge >= 0.3 is 6.09 Å². The molecule has 1 aromatic carbocycles. The minimum atomic E-state index is -0.830. The van der Waals surface area contributed by atoms with E-state index in [0.29, 0.717) is 10.8 Å². The molecule has 0 atom stereocenters. The second-order valence-corrected chi connectivity index (χ2v) is 6.21. The Kier molecular flexibility index (Phi) is 5.03. The third-order valence-electron chi connectivity index (χ3n) is 3.78. The van der Waals surface area contributed by atoms with Crippen LogP contribution in [0.25, 0.3) is 0 Å². The molecule has 0 aromatic heterocycles. The number of benzene rings is 1. The van der Waals surface area contributed by atoms with Crippen molar-refractivity contribution in [2.45, 2.75) is 52.4 Å². The fourth-order valence-corrected chi connectivity index (χ4v) is 2.56. The highest BCUT2D eigenvalue weighted by Gasteiger charge is 2.33. The molecule has 23 heavy (non-hydrogen) atoms. The van der Waals surface area contributed by atoms with Crippen LogP contribution in [0.15, 0.2) is 18.2 Å². The smallest absolute Gasteiger partial charge is 0.311 e. The van der Waals surface area contributed by atoms with Crippen molar-refractivity contribution in [3.8, 4) is 0 Å². The Morgan fingerprint density at radius 3 is 1.96 bits per heavy atom. The van der Waals surface area contributed by atoms with Gasteiger partial charge in [-0.15, -0.1) is 5.06 Å². The number of carbonyl (C=O) groups excluding carboxylic acids is 3. The third-order valence-corrected chi connectivity index (χ3v) is 3.78. The summed E-state index contributed by atoms with van der Waals surface area (Å²) in [4.78, 5) is 40.1. The molecule has 0 aliphatic carbocycles. The molecule has 6 heteroatoms. The molecule has 1 saturated heterocycles. The summed E-state index contributed by atoms with van der Waals surface area (Å²) < 4.78 is 0. The maximum absolute atomic E-state index is 12.1. The molecule has 1 aliphatic heterocycles. The van der Waals surface area contributed by atoms with E-state index < -0.39 is 17.9 Å². The van der Waals surface area contributed by atoms with Gasteiger partial charge in [0.05, 0.1) is 5.69 Å². The average molecular weight is 318 g/mol. The summed E-state index contributed by atoms with van der Waals surface area (Å²) in [6, 6.07) is 5.84. The van der Waals surface area contributed by atoms with Gasteiger partial charge in [0.1, 0.15) is 0 Å². The van der Waals surface area contributed by atoms with E-state index in [9.17, 15) is 14.4 Å². The van der Waals surface area contributed by atoms with Crippen LogP contribution in [0.3, 0.4) is 0 Å². The van der Waals surface area contributed by atoms with Crippen LogP contribution in [-0.4, -0.2) is 23.0 Å². The first kappa shape index (κ1) is 17.0. The van der Waals surface area contributed by atoms with E-state index in [2.05, 4.69) is 5.32 Å². The Hall–Kier alpha value is -2.37. The van der Waals surface area contributed by atoms with Gasteiger partial charge in [0.15, 0.2) is 0 Å². The Balaban J connectivity index is 2.23. The number of amides is 3. The zero-order chi connectivity index (χ0) is 17.1. The van der Waals surface area contributed by atoms with Crippen LogP contribution in [0.5, 0.6) is 0 Å². The predicted molar refractivity (Wildman–Crippen MR) is 85.8 cm³/mol. The number of nitrogens with one attached hydrogen (secondary N) is 1. The van der Waals surface area contributed by atoms with Crippen LogP contribution in [0, 0.1) is 0 Å². The van der Waals surface area contributed by atoms with E-state index in [0.717, 1.165) is 11.1 Å². The summed E-state index contributed by atoms with van der Waals surface area (Å²) in [5.74, 6) is -0.573. The van der Waals surface area contributed by atoms with Gasteiger partial charge in [-0.2, -0.15) is 0 Å². The maximum Gasteiger partial charge on any atom is 0.436 e. The lowest BCUT2D eigenvalue weighted by Gasteiger charge is -2.20. The van der Waals surface area contributed by atoms with Gasteiger partial charge < -0.3 is 4.84 Å². The number of anilines is 1. The molecule has 6 nitrogen and oxygen atoms in total. The fourth-order valence-electron chi connectivity index (χ4n) is 2.56. The monoisotopic (exact) mass is 318 g/mol. The SMILES string of the molecule is CC(C)c1cccc(C(C)C)c1NC(=O)ON1C(=O)CCC1=O. The number of hydroxylamine groups is 2. The number of rotatable bonds is 4. The van der Waals surface area contributed by atoms with E-state index in [1.54, 1.807) is 0 Å². The van der Waals surface area contributed by atoms with Gasteiger partial charge in [0.25, 0.3) is 11.8 Å². The van der Waals surface area contributed by atoms with E-state index in [1.165, 1.54) is 0 Å². The van der Waals surface area contributed by atoms with Gasteiger partial charge in [-0.1, -0.05) is 45.9 Å². The number of imide groups is 1. The summed E-state index contributed by atoms with van der Waals surface area (Å²) in [7, 11) is 0. The molecule has 124 valence electrons. The average Bonchev–Trinajstić information content (AvgIpc) is 2.78. The van der Waals surface area contributed by atoms with Crippen LogP contribution >= 0.6 is 0 Å². The highest BCUT2D eigenvalue weighted by Crippen LogP contribution is 2.32. The van der Waals surface area contributed by atoms with Gasteiger partial charge in [0, 0.05) is 12.8 Å². The summed E-state index contributed by atoms with van der Waals surface area (Å²) in [6.07, 6.45) is -0.679. The van der Waals surface area contributed by atoms with Crippen molar-refractivity contribution >= 4 is 23.6 Å². The van der Waals surface area contributed by atoms with Gasteiger partial charge in [-0.05, 0) is 23.0 Å². The van der Waals surface area contributed by atoms with Crippen LogP contribution in [0.4, 0.5) is 10.5 Å². The largest absolute Gasteiger partial charge is 0.436 e. The van der Waals surface area contributed by atoms with Crippen molar-refractivity contribution < 1.29 is 19.2 Å². The molecule has 1 heterocycles. The van der Waals surface area contributed by atoms with Crippen molar-refractivity contribution in [3.63, 3.8) is 0 Å². The molecule has 0 unspecified atom stereocenters. The van der Waals surface area contributed by atoms with E-state index >= 15 is 0 Å². The number of nitrogens with zero attached hydrogens (tertiary/aromatic N) is 1. The Morgan fingerprint density at radius 2 is 1.52 bits per heavy atom. The van der Waals surface area contributed by atoms with Crippen molar-refractivity contribution in [2.24, 2.45) is 0 Å². The van der Waals surface area contributed by atoms with Crippen LogP contribution in [-0.2, 0) is 14.4 Å². The number of carbonyl (C=O) groups is 3.